The lowest BCUT2D eigenvalue weighted by molar-refractivity contribution is 0.0772. The summed E-state index contributed by atoms with van der Waals surface area (Å²) in [7, 11) is 1.48. The van der Waals surface area contributed by atoms with Gasteiger partial charge in [-0.25, -0.2) is 4.39 Å². The van der Waals surface area contributed by atoms with Crippen LogP contribution in [0, 0.1) is 12.7 Å². The van der Waals surface area contributed by atoms with Crippen LogP contribution in [-0.2, 0) is 5.60 Å². The molecule has 14 heavy (non-hydrogen) atoms. The van der Waals surface area contributed by atoms with Crippen LogP contribution >= 0.6 is 0 Å². The SMILES string of the molecule is COc1cc(F)cc(C(C)(C)O)c1C. The van der Waals surface area contributed by atoms with Crippen LogP contribution in [0.2, 0.25) is 0 Å². The zero-order chi connectivity index (χ0) is 10.9. The van der Waals surface area contributed by atoms with Gasteiger partial charge in [-0.15, -0.1) is 0 Å². The van der Waals surface area contributed by atoms with Crippen molar-refractivity contribution in [1.82, 2.24) is 0 Å². The van der Waals surface area contributed by atoms with Crippen LogP contribution in [0.25, 0.3) is 0 Å². The number of halogens is 1. The predicted molar refractivity (Wildman–Crippen MR) is 52.9 cm³/mol. The molecule has 0 aliphatic carbocycles. The third kappa shape index (κ3) is 2.04. The molecule has 2 nitrogen and oxygen atoms in total. The summed E-state index contributed by atoms with van der Waals surface area (Å²) in [6.45, 7) is 5.04. The average molecular weight is 198 g/mol. The van der Waals surface area contributed by atoms with E-state index in [1.54, 1.807) is 20.8 Å². The molecule has 0 amide bonds. The molecule has 0 bridgehead atoms. The Morgan fingerprint density at radius 2 is 1.93 bits per heavy atom. The molecule has 0 radical (unpaired) electrons. The Bertz CT molecular complexity index is 340. The van der Waals surface area contributed by atoms with Crippen LogP contribution in [0.15, 0.2) is 12.1 Å². The van der Waals surface area contributed by atoms with Gasteiger partial charge in [-0.2, -0.15) is 0 Å². The molecule has 0 heterocycles. The maximum absolute atomic E-state index is 13.1. The topological polar surface area (TPSA) is 29.5 Å². The number of ether oxygens (including phenoxy) is 1. The molecule has 78 valence electrons. The minimum absolute atomic E-state index is 0.399. The molecule has 1 N–H and O–H groups in total. The largest absolute Gasteiger partial charge is 0.496 e. The minimum Gasteiger partial charge on any atom is -0.496 e. The zero-order valence-corrected chi connectivity index (χ0v) is 8.89. The molecule has 0 saturated heterocycles. The van der Waals surface area contributed by atoms with Crippen LogP contribution in [0.3, 0.4) is 0 Å². The standard InChI is InChI=1S/C11H15FO2/c1-7-9(11(2,3)13)5-8(12)6-10(7)14-4/h5-6,13H,1-4H3. The molecule has 0 saturated carbocycles. The van der Waals surface area contributed by atoms with Gasteiger partial charge in [0.15, 0.2) is 0 Å². The van der Waals surface area contributed by atoms with Gasteiger partial charge in [-0.3, -0.25) is 0 Å². The summed E-state index contributed by atoms with van der Waals surface area (Å²) in [5.74, 6) is 0.0618. The summed E-state index contributed by atoms with van der Waals surface area (Å²) in [5.41, 5.74) is 0.259. The van der Waals surface area contributed by atoms with E-state index in [4.69, 9.17) is 4.74 Å². The highest BCUT2D eigenvalue weighted by molar-refractivity contribution is 5.42. The van der Waals surface area contributed by atoms with Crippen LogP contribution in [0.1, 0.15) is 25.0 Å². The van der Waals surface area contributed by atoms with Crippen molar-refractivity contribution in [1.29, 1.82) is 0 Å². The van der Waals surface area contributed by atoms with E-state index in [-0.39, 0.29) is 0 Å². The van der Waals surface area contributed by atoms with Crippen molar-refractivity contribution >= 4 is 0 Å². The van der Waals surface area contributed by atoms with Gasteiger partial charge in [0.1, 0.15) is 11.6 Å². The molecule has 0 aliphatic rings. The molecule has 0 aliphatic heterocycles. The zero-order valence-electron chi connectivity index (χ0n) is 8.89. The van der Waals surface area contributed by atoms with Crippen molar-refractivity contribution in [3.63, 3.8) is 0 Å². The molecule has 1 rings (SSSR count). The molecular formula is C11H15FO2. The van der Waals surface area contributed by atoms with Crippen molar-refractivity contribution in [2.24, 2.45) is 0 Å². The average Bonchev–Trinajstić information content (AvgIpc) is 2.06. The van der Waals surface area contributed by atoms with Crippen LogP contribution in [0.5, 0.6) is 5.75 Å². The molecule has 0 unspecified atom stereocenters. The highest BCUT2D eigenvalue weighted by Gasteiger charge is 2.21. The fourth-order valence-electron chi connectivity index (χ4n) is 1.50. The van der Waals surface area contributed by atoms with E-state index in [9.17, 15) is 9.50 Å². The fraction of sp³-hybridized carbons (Fsp3) is 0.455. The van der Waals surface area contributed by atoms with E-state index in [0.717, 1.165) is 5.56 Å². The summed E-state index contributed by atoms with van der Waals surface area (Å²) < 4.78 is 18.1. The summed E-state index contributed by atoms with van der Waals surface area (Å²) in [6, 6.07) is 2.64. The third-order valence-electron chi connectivity index (χ3n) is 2.20. The monoisotopic (exact) mass is 198 g/mol. The summed E-state index contributed by atoms with van der Waals surface area (Å²) in [5, 5.41) is 9.79. The Labute approximate surface area is 83.3 Å². The van der Waals surface area contributed by atoms with E-state index < -0.39 is 11.4 Å². The highest BCUT2D eigenvalue weighted by atomic mass is 19.1. The summed E-state index contributed by atoms with van der Waals surface area (Å²) in [6.07, 6.45) is 0. The van der Waals surface area contributed by atoms with Gasteiger partial charge >= 0.3 is 0 Å². The Kier molecular flexibility index (Phi) is 2.81. The number of hydrogen-bond acceptors (Lipinski definition) is 2. The van der Waals surface area contributed by atoms with Gasteiger partial charge in [0.2, 0.25) is 0 Å². The van der Waals surface area contributed by atoms with Gasteiger partial charge in [0, 0.05) is 6.07 Å². The van der Waals surface area contributed by atoms with Crippen molar-refractivity contribution in [3.05, 3.63) is 29.1 Å². The molecule has 0 fully saturated rings. The molecule has 3 heteroatoms. The van der Waals surface area contributed by atoms with E-state index in [2.05, 4.69) is 0 Å². The number of methoxy groups -OCH3 is 1. The van der Waals surface area contributed by atoms with Crippen molar-refractivity contribution in [2.75, 3.05) is 7.11 Å². The number of benzene rings is 1. The third-order valence-corrected chi connectivity index (χ3v) is 2.20. The molecule has 1 aromatic carbocycles. The predicted octanol–water partition coefficient (Wildman–Crippen LogP) is 2.37. The van der Waals surface area contributed by atoms with Crippen LogP contribution in [-0.4, -0.2) is 12.2 Å². The molecule has 0 spiro atoms. The van der Waals surface area contributed by atoms with Crippen molar-refractivity contribution in [2.45, 2.75) is 26.4 Å². The molecule has 1 aromatic rings. The minimum atomic E-state index is -1.06. The summed E-state index contributed by atoms with van der Waals surface area (Å²) in [4.78, 5) is 0. The van der Waals surface area contributed by atoms with Gasteiger partial charge in [0.05, 0.1) is 12.7 Å². The number of rotatable bonds is 2. The second-order valence-electron chi connectivity index (χ2n) is 3.84. The highest BCUT2D eigenvalue weighted by Crippen LogP contribution is 2.30. The first-order valence-corrected chi connectivity index (χ1v) is 4.43. The lowest BCUT2D eigenvalue weighted by Crippen LogP contribution is -2.17. The quantitative estimate of drug-likeness (QED) is 0.790. The fourth-order valence-corrected chi connectivity index (χ4v) is 1.50. The first-order chi connectivity index (χ1) is 6.36. The first kappa shape index (κ1) is 11.0. The van der Waals surface area contributed by atoms with Crippen molar-refractivity contribution in [3.8, 4) is 5.75 Å². The lowest BCUT2D eigenvalue weighted by atomic mass is 9.93. The number of aliphatic hydroxyl groups is 1. The second-order valence-corrected chi connectivity index (χ2v) is 3.84. The van der Waals surface area contributed by atoms with Crippen LogP contribution < -0.4 is 4.74 Å². The van der Waals surface area contributed by atoms with Gasteiger partial charge in [-0.05, 0) is 38.0 Å². The van der Waals surface area contributed by atoms with Gasteiger partial charge in [-0.1, -0.05) is 0 Å². The second kappa shape index (κ2) is 3.58. The first-order valence-electron chi connectivity index (χ1n) is 4.43. The lowest BCUT2D eigenvalue weighted by Gasteiger charge is -2.21. The van der Waals surface area contributed by atoms with Gasteiger partial charge in [0.25, 0.3) is 0 Å². The Hall–Kier alpha value is -1.09. The Balaban J connectivity index is 3.37. The summed E-state index contributed by atoms with van der Waals surface area (Å²) >= 11 is 0. The van der Waals surface area contributed by atoms with E-state index in [0.29, 0.717) is 11.3 Å². The molecule has 0 atom stereocenters. The van der Waals surface area contributed by atoms with Gasteiger partial charge < -0.3 is 9.84 Å². The number of hydrogen-bond donors (Lipinski definition) is 1. The molecule has 0 aromatic heterocycles. The van der Waals surface area contributed by atoms with E-state index in [1.165, 1.54) is 19.2 Å². The Morgan fingerprint density at radius 3 is 2.36 bits per heavy atom. The Morgan fingerprint density at radius 1 is 1.36 bits per heavy atom. The maximum atomic E-state index is 13.1. The van der Waals surface area contributed by atoms with Crippen LogP contribution in [0.4, 0.5) is 4.39 Å². The normalized spacial score (nSPS) is 11.6. The van der Waals surface area contributed by atoms with Crippen molar-refractivity contribution < 1.29 is 14.2 Å². The van der Waals surface area contributed by atoms with E-state index >= 15 is 0 Å². The van der Waals surface area contributed by atoms with E-state index in [1.807, 2.05) is 0 Å². The smallest absolute Gasteiger partial charge is 0.127 e. The molecular weight excluding hydrogens is 183 g/mol. The maximum Gasteiger partial charge on any atom is 0.127 e.